The number of pyridine rings is 1. The van der Waals surface area contributed by atoms with Gasteiger partial charge in [0, 0.05) is 38.3 Å². The molecule has 0 N–H and O–H groups in total. The molecule has 2 bridgehead atoms. The molecule has 2 fully saturated rings. The Morgan fingerprint density at radius 2 is 2.25 bits per heavy atom. The molecule has 0 spiro atoms. The van der Waals surface area contributed by atoms with Gasteiger partial charge in [0.05, 0.1) is 7.11 Å². The predicted molar refractivity (Wildman–Crippen MR) is 63.0 cm³/mol. The van der Waals surface area contributed by atoms with Crippen LogP contribution in [0, 0.1) is 0 Å². The number of aromatic nitrogens is 1. The Bertz CT molecular complexity index is 382. The molecule has 0 radical (unpaired) electrons. The zero-order valence-electron chi connectivity index (χ0n) is 9.59. The van der Waals surface area contributed by atoms with Crippen LogP contribution in [0.4, 0.5) is 5.82 Å². The number of hydrogen-bond acceptors (Lipinski definition) is 4. The van der Waals surface area contributed by atoms with Crippen molar-refractivity contribution in [1.82, 2.24) is 9.88 Å². The van der Waals surface area contributed by atoms with E-state index in [4.69, 9.17) is 4.74 Å². The van der Waals surface area contributed by atoms with Crippen LogP contribution < -0.4 is 9.64 Å². The number of nitrogens with zero attached hydrogens (tertiary/aromatic N) is 3. The maximum atomic E-state index is 5.18. The van der Waals surface area contributed by atoms with Gasteiger partial charge in [0.2, 0.25) is 5.88 Å². The fourth-order valence-electron chi connectivity index (χ4n) is 2.68. The number of fused-ring (bicyclic) bond motifs is 2. The summed E-state index contributed by atoms with van der Waals surface area (Å²) in [4.78, 5) is 9.47. The molecule has 1 aromatic rings. The number of piperazine rings is 1. The Kier molecular flexibility index (Phi) is 2.44. The third-order valence-corrected chi connectivity index (χ3v) is 3.56. The van der Waals surface area contributed by atoms with Gasteiger partial charge in [-0.2, -0.15) is 4.98 Å². The van der Waals surface area contributed by atoms with E-state index in [1.165, 1.54) is 19.5 Å². The van der Waals surface area contributed by atoms with Crippen molar-refractivity contribution in [2.75, 3.05) is 38.2 Å². The summed E-state index contributed by atoms with van der Waals surface area (Å²) in [7, 11) is 1.67. The minimum atomic E-state index is 0.647. The van der Waals surface area contributed by atoms with Crippen molar-refractivity contribution in [2.24, 2.45) is 0 Å². The first-order valence-corrected chi connectivity index (χ1v) is 5.87. The first-order chi connectivity index (χ1) is 7.86. The van der Waals surface area contributed by atoms with E-state index in [9.17, 15) is 0 Å². The van der Waals surface area contributed by atoms with E-state index in [-0.39, 0.29) is 0 Å². The first kappa shape index (κ1) is 9.90. The van der Waals surface area contributed by atoms with Crippen LogP contribution in [0.1, 0.15) is 6.42 Å². The second-order valence-electron chi connectivity index (χ2n) is 4.47. The topological polar surface area (TPSA) is 28.6 Å². The van der Waals surface area contributed by atoms with Gasteiger partial charge in [0.25, 0.3) is 0 Å². The standard InChI is InChI=1S/C12H17N3O/c1-16-12-4-2-3-11(13-12)15-8-7-14-6-5-10(15)9-14/h2-4,10H,5-9H2,1H3. The van der Waals surface area contributed by atoms with Crippen LogP contribution >= 0.6 is 0 Å². The Labute approximate surface area is 95.8 Å². The number of anilines is 1. The maximum Gasteiger partial charge on any atom is 0.214 e. The predicted octanol–water partition coefficient (Wildman–Crippen LogP) is 0.984. The molecule has 2 aliphatic rings. The summed E-state index contributed by atoms with van der Waals surface area (Å²) in [5.41, 5.74) is 0. The van der Waals surface area contributed by atoms with Crippen molar-refractivity contribution in [3.8, 4) is 5.88 Å². The number of rotatable bonds is 2. The van der Waals surface area contributed by atoms with E-state index in [2.05, 4.69) is 20.9 Å². The average molecular weight is 219 g/mol. The Morgan fingerprint density at radius 1 is 1.31 bits per heavy atom. The second kappa shape index (κ2) is 3.94. The Hall–Kier alpha value is -1.29. The van der Waals surface area contributed by atoms with Gasteiger partial charge in [0.15, 0.2) is 0 Å². The van der Waals surface area contributed by atoms with Gasteiger partial charge in [-0.1, -0.05) is 6.07 Å². The van der Waals surface area contributed by atoms with E-state index in [0.29, 0.717) is 11.9 Å². The fraction of sp³-hybridized carbons (Fsp3) is 0.583. The molecule has 2 aliphatic heterocycles. The third-order valence-electron chi connectivity index (χ3n) is 3.56. The largest absolute Gasteiger partial charge is 0.481 e. The van der Waals surface area contributed by atoms with Crippen LogP contribution in [-0.4, -0.2) is 49.2 Å². The molecule has 3 heterocycles. The number of ether oxygens (including phenoxy) is 1. The smallest absolute Gasteiger partial charge is 0.214 e. The molecule has 0 aliphatic carbocycles. The van der Waals surface area contributed by atoms with Crippen molar-refractivity contribution >= 4 is 5.82 Å². The van der Waals surface area contributed by atoms with Crippen molar-refractivity contribution in [3.05, 3.63) is 18.2 Å². The van der Waals surface area contributed by atoms with Crippen molar-refractivity contribution in [2.45, 2.75) is 12.5 Å². The minimum Gasteiger partial charge on any atom is -0.481 e. The van der Waals surface area contributed by atoms with Gasteiger partial charge in [-0.05, 0) is 12.5 Å². The summed E-state index contributed by atoms with van der Waals surface area (Å²) in [6, 6.07) is 6.64. The molecular formula is C12H17N3O. The molecule has 2 atom stereocenters. The van der Waals surface area contributed by atoms with Gasteiger partial charge >= 0.3 is 0 Å². The zero-order chi connectivity index (χ0) is 11.0. The molecule has 16 heavy (non-hydrogen) atoms. The highest BCUT2D eigenvalue weighted by Gasteiger charge is 2.32. The molecule has 0 saturated carbocycles. The van der Waals surface area contributed by atoms with E-state index < -0.39 is 0 Å². The van der Waals surface area contributed by atoms with E-state index >= 15 is 0 Å². The van der Waals surface area contributed by atoms with Crippen molar-refractivity contribution in [1.29, 1.82) is 0 Å². The highest BCUT2D eigenvalue weighted by Crippen LogP contribution is 2.26. The van der Waals surface area contributed by atoms with Crippen LogP contribution in [0.15, 0.2) is 18.2 Å². The highest BCUT2D eigenvalue weighted by atomic mass is 16.5. The van der Waals surface area contributed by atoms with Crippen molar-refractivity contribution < 1.29 is 4.74 Å². The Morgan fingerprint density at radius 3 is 3.12 bits per heavy atom. The van der Waals surface area contributed by atoms with E-state index in [0.717, 1.165) is 18.9 Å². The SMILES string of the molecule is COc1cccc(N2CCN3CCC2C3)n1. The first-order valence-electron chi connectivity index (χ1n) is 5.87. The molecule has 0 aromatic carbocycles. The summed E-state index contributed by atoms with van der Waals surface area (Å²) in [6.45, 7) is 4.68. The summed E-state index contributed by atoms with van der Waals surface area (Å²) < 4.78 is 5.18. The second-order valence-corrected chi connectivity index (χ2v) is 4.47. The lowest BCUT2D eigenvalue weighted by atomic mass is 10.2. The molecule has 1 aromatic heterocycles. The molecular weight excluding hydrogens is 202 g/mol. The minimum absolute atomic E-state index is 0.647. The van der Waals surface area contributed by atoms with Gasteiger partial charge in [-0.3, -0.25) is 4.90 Å². The van der Waals surface area contributed by atoms with Crippen LogP contribution in [0.25, 0.3) is 0 Å². The summed E-state index contributed by atoms with van der Waals surface area (Å²) in [6.07, 6.45) is 1.26. The molecule has 4 nitrogen and oxygen atoms in total. The zero-order valence-corrected chi connectivity index (χ0v) is 9.59. The number of methoxy groups -OCH3 is 1. The van der Waals surface area contributed by atoms with Crippen LogP contribution in [0.2, 0.25) is 0 Å². The third kappa shape index (κ3) is 1.63. The van der Waals surface area contributed by atoms with E-state index in [1.54, 1.807) is 7.11 Å². The van der Waals surface area contributed by atoms with Crippen LogP contribution in [-0.2, 0) is 0 Å². The molecule has 2 unspecified atom stereocenters. The lowest BCUT2D eigenvalue weighted by Crippen LogP contribution is -2.47. The van der Waals surface area contributed by atoms with Crippen molar-refractivity contribution in [3.63, 3.8) is 0 Å². The molecule has 86 valence electrons. The summed E-state index contributed by atoms with van der Waals surface area (Å²) >= 11 is 0. The fourth-order valence-corrected chi connectivity index (χ4v) is 2.68. The molecule has 2 saturated heterocycles. The molecule has 4 heteroatoms. The Balaban J connectivity index is 1.85. The van der Waals surface area contributed by atoms with Crippen LogP contribution in [0.5, 0.6) is 5.88 Å². The van der Waals surface area contributed by atoms with Gasteiger partial charge < -0.3 is 9.64 Å². The van der Waals surface area contributed by atoms with Gasteiger partial charge in [-0.25, -0.2) is 0 Å². The monoisotopic (exact) mass is 219 g/mol. The molecule has 0 amide bonds. The quantitative estimate of drug-likeness (QED) is 0.741. The highest BCUT2D eigenvalue weighted by molar-refractivity contribution is 5.43. The normalized spacial score (nSPS) is 28.2. The maximum absolute atomic E-state index is 5.18. The average Bonchev–Trinajstić information content (AvgIpc) is 2.71. The molecule has 3 rings (SSSR count). The summed E-state index contributed by atoms with van der Waals surface area (Å²) in [5.74, 6) is 1.77. The van der Waals surface area contributed by atoms with E-state index in [1.807, 2.05) is 12.1 Å². The summed E-state index contributed by atoms with van der Waals surface area (Å²) in [5, 5.41) is 0. The van der Waals surface area contributed by atoms with Gasteiger partial charge in [0.1, 0.15) is 5.82 Å². The van der Waals surface area contributed by atoms with Crippen LogP contribution in [0.3, 0.4) is 0 Å². The lowest BCUT2D eigenvalue weighted by Gasteiger charge is -2.35. The number of hydrogen-bond donors (Lipinski definition) is 0. The van der Waals surface area contributed by atoms with Gasteiger partial charge in [-0.15, -0.1) is 0 Å². The lowest BCUT2D eigenvalue weighted by molar-refractivity contribution is 0.309.